The maximum absolute atomic E-state index is 12.0. The number of carbonyl (C=O) groups is 1. The molecule has 1 aromatic rings. The van der Waals surface area contributed by atoms with E-state index < -0.39 is 0 Å². The van der Waals surface area contributed by atoms with Crippen molar-refractivity contribution in [3.05, 3.63) is 17.5 Å². The molecule has 0 radical (unpaired) electrons. The molecule has 0 aliphatic carbocycles. The Balaban J connectivity index is 2.05. The highest BCUT2D eigenvalue weighted by molar-refractivity contribution is 6.29. The summed E-state index contributed by atoms with van der Waals surface area (Å²) in [6, 6.07) is 1.53. The van der Waals surface area contributed by atoms with Gasteiger partial charge in [-0.25, -0.2) is 14.8 Å². The lowest BCUT2D eigenvalue weighted by molar-refractivity contribution is -0.0163. The van der Waals surface area contributed by atoms with Gasteiger partial charge in [-0.2, -0.15) is 0 Å². The molecule has 1 atom stereocenters. The van der Waals surface area contributed by atoms with Crippen molar-refractivity contribution in [2.24, 2.45) is 0 Å². The standard InChI is InChI=1S/C13H18ClN3O3/c1-9(2)19-13(18)17-6-4-3-5-12(17)20-11-7-10(14)15-8-16-11/h7-9,12H,3-6H2,1-2H3. The number of piperidine rings is 1. The highest BCUT2D eigenvalue weighted by atomic mass is 35.5. The summed E-state index contributed by atoms with van der Waals surface area (Å²) in [6.45, 7) is 4.26. The van der Waals surface area contributed by atoms with Crippen LogP contribution in [0.4, 0.5) is 4.79 Å². The fourth-order valence-corrected chi connectivity index (χ4v) is 2.16. The molecule has 2 rings (SSSR count). The van der Waals surface area contributed by atoms with Crippen molar-refractivity contribution in [2.45, 2.75) is 45.4 Å². The molecular formula is C13H18ClN3O3. The molecule has 1 unspecified atom stereocenters. The van der Waals surface area contributed by atoms with E-state index in [1.54, 1.807) is 4.90 Å². The third kappa shape index (κ3) is 3.96. The molecule has 2 heterocycles. The fraction of sp³-hybridized carbons (Fsp3) is 0.615. The summed E-state index contributed by atoms with van der Waals surface area (Å²) in [5, 5.41) is 0.308. The maximum Gasteiger partial charge on any atom is 0.412 e. The maximum atomic E-state index is 12.0. The van der Waals surface area contributed by atoms with Gasteiger partial charge in [-0.05, 0) is 26.7 Å². The minimum atomic E-state index is -0.374. The molecule has 0 aromatic carbocycles. The normalized spacial score (nSPS) is 19.0. The SMILES string of the molecule is CC(C)OC(=O)N1CCCCC1Oc1cc(Cl)ncn1. The zero-order valence-corrected chi connectivity index (χ0v) is 12.3. The lowest BCUT2D eigenvalue weighted by Crippen LogP contribution is -2.47. The van der Waals surface area contributed by atoms with Crippen molar-refractivity contribution < 1.29 is 14.3 Å². The number of nitrogens with zero attached hydrogens (tertiary/aromatic N) is 3. The second-order valence-electron chi connectivity index (χ2n) is 4.87. The molecule has 1 aromatic heterocycles. The molecule has 1 saturated heterocycles. The van der Waals surface area contributed by atoms with Crippen molar-refractivity contribution in [2.75, 3.05) is 6.54 Å². The lowest BCUT2D eigenvalue weighted by atomic mass is 10.1. The molecule has 1 amide bonds. The van der Waals surface area contributed by atoms with E-state index in [9.17, 15) is 4.79 Å². The van der Waals surface area contributed by atoms with Gasteiger partial charge in [-0.15, -0.1) is 0 Å². The van der Waals surface area contributed by atoms with Crippen molar-refractivity contribution in [3.63, 3.8) is 0 Å². The second kappa shape index (κ2) is 6.74. The second-order valence-corrected chi connectivity index (χ2v) is 5.26. The number of carbonyl (C=O) groups excluding carboxylic acids is 1. The van der Waals surface area contributed by atoms with E-state index in [1.165, 1.54) is 12.4 Å². The van der Waals surface area contributed by atoms with Crippen LogP contribution in [0, 0.1) is 0 Å². The first-order valence-corrected chi connectivity index (χ1v) is 7.05. The summed E-state index contributed by atoms with van der Waals surface area (Å²) in [4.78, 5) is 21.4. The highest BCUT2D eigenvalue weighted by Crippen LogP contribution is 2.22. The molecule has 0 N–H and O–H groups in total. The summed E-state index contributed by atoms with van der Waals surface area (Å²) >= 11 is 5.79. The molecular weight excluding hydrogens is 282 g/mol. The van der Waals surface area contributed by atoms with Gasteiger partial charge in [0, 0.05) is 19.0 Å². The minimum absolute atomic E-state index is 0.154. The van der Waals surface area contributed by atoms with Gasteiger partial charge in [-0.1, -0.05) is 11.6 Å². The van der Waals surface area contributed by atoms with Gasteiger partial charge in [-0.3, -0.25) is 4.90 Å². The number of likely N-dealkylation sites (tertiary alicyclic amines) is 1. The molecule has 1 aliphatic rings. The van der Waals surface area contributed by atoms with E-state index >= 15 is 0 Å². The largest absolute Gasteiger partial charge is 0.453 e. The smallest absolute Gasteiger partial charge is 0.412 e. The van der Waals surface area contributed by atoms with Crippen LogP contribution in [0.15, 0.2) is 12.4 Å². The summed E-state index contributed by atoms with van der Waals surface area (Å²) in [5.41, 5.74) is 0. The Hall–Kier alpha value is -1.56. The molecule has 1 aliphatic heterocycles. The Bertz CT molecular complexity index is 470. The van der Waals surface area contributed by atoms with Crippen LogP contribution in [-0.4, -0.2) is 39.8 Å². The number of amides is 1. The summed E-state index contributed by atoms with van der Waals surface area (Å²) in [6.07, 6.45) is 3.13. The van der Waals surface area contributed by atoms with Crippen molar-refractivity contribution in [1.82, 2.24) is 14.9 Å². The number of hydrogen-bond donors (Lipinski definition) is 0. The van der Waals surface area contributed by atoms with Crippen molar-refractivity contribution >= 4 is 17.7 Å². The first-order chi connectivity index (χ1) is 9.56. The Labute approximate surface area is 123 Å². The minimum Gasteiger partial charge on any atom is -0.453 e. The van der Waals surface area contributed by atoms with E-state index in [4.69, 9.17) is 21.1 Å². The van der Waals surface area contributed by atoms with Crippen LogP contribution in [0.5, 0.6) is 5.88 Å². The van der Waals surface area contributed by atoms with Gasteiger partial charge >= 0.3 is 6.09 Å². The number of halogens is 1. The van der Waals surface area contributed by atoms with E-state index in [0.29, 0.717) is 17.6 Å². The van der Waals surface area contributed by atoms with Crippen LogP contribution in [-0.2, 0) is 4.74 Å². The van der Waals surface area contributed by atoms with Crippen LogP contribution < -0.4 is 4.74 Å². The van der Waals surface area contributed by atoms with E-state index in [-0.39, 0.29) is 18.4 Å². The topological polar surface area (TPSA) is 64.5 Å². The third-order valence-corrected chi connectivity index (χ3v) is 3.09. The molecule has 6 nitrogen and oxygen atoms in total. The Morgan fingerprint density at radius 2 is 2.25 bits per heavy atom. The first-order valence-electron chi connectivity index (χ1n) is 6.67. The van der Waals surface area contributed by atoms with E-state index in [2.05, 4.69) is 9.97 Å². The van der Waals surface area contributed by atoms with Crippen molar-refractivity contribution in [3.8, 4) is 5.88 Å². The van der Waals surface area contributed by atoms with Crippen LogP contribution in [0.2, 0.25) is 5.15 Å². The lowest BCUT2D eigenvalue weighted by Gasteiger charge is -2.34. The van der Waals surface area contributed by atoms with Gasteiger partial charge < -0.3 is 9.47 Å². The van der Waals surface area contributed by atoms with Gasteiger partial charge in [0.15, 0.2) is 6.23 Å². The van der Waals surface area contributed by atoms with Crippen LogP contribution in [0.1, 0.15) is 33.1 Å². The van der Waals surface area contributed by atoms with Crippen molar-refractivity contribution in [1.29, 1.82) is 0 Å². The predicted molar refractivity (Wildman–Crippen MR) is 73.6 cm³/mol. The van der Waals surface area contributed by atoms with Gasteiger partial charge in [0.2, 0.25) is 5.88 Å². The summed E-state index contributed by atoms with van der Waals surface area (Å²) in [5.74, 6) is 0.360. The molecule has 110 valence electrons. The third-order valence-electron chi connectivity index (χ3n) is 2.88. The Morgan fingerprint density at radius 3 is 2.95 bits per heavy atom. The molecule has 0 bridgehead atoms. The predicted octanol–water partition coefficient (Wildman–Crippen LogP) is 2.87. The van der Waals surface area contributed by atoms with Gasteiger partial charge in [0.25, 0.3) is 0 Å². The van der Waals surface area contributed by atoms with Crippen LogP contribution in [0.3, 0.4) is 0 Å². The number of hydrogen-bond acceptors (Lipinski definition) is 5. The average Bonchev–Trinajstić information content (AvgIpc) is 2.38. The molecule has 0 spiro atoms. The summed E-state index contributed by atoms with van der Waals surface area (Å²) in [7, 11) is 0. The van der Waals surface area contributed by atoms with Crippen LogP contribution in [0.25, 0.3) is 0 Å². The quantitative estimate of drug-likeness (QED) is 0.803. The van der Waals surface area contributed by atoms with Crippen LogP contribution >= 0.6 is 11.6 Å². The number of ether oxygens (including phenoxy) is 2. The fourth-order valence-electron chi connectivity index (χ4n) is 2.02. The molecule has 20 heavy (non-hydrogen) atoms. The van der Waals surface area contributed by atoms with Gasteiger partial charge in [0.1, 0.15) is 11.5 Å². The van der Waals surface area contributed by atoms with E-state index in [1.807, 2.05) is 13.8 Å². The Kier molecular flexibility index (Phi) is 5.00. The summed E-state index contributed by atoms with van der Waals surface area (Å²) < 4.78 is 11.0. The zero-order valence-electron chi connectivity index (χ0n) is 11.6. The number of rotatable bonds is 3. The molecule has 7 heteroatoms. The first kappa shape index (κ1) is 14.8. The Morgan fingerprint density at radius 1 is 1.45 bits per heavy atom. The van der Waals surface area contributed by atoms with Gasteiger partial charge in [0.05, 0.1) is 6.10 Å². The molecule has 1 fully saturated rings. The zero-order chi connectivity index (χ0) is 14.5. The molecule has 0 saturated carbocycles. The number of aromatic nitrogens is 2. The van der Waals surface area contributed by atoms with E-state index in [0.717, 1.165) is 19.3 Å². The monoisotopic (exact) mass is 299 g/mol. The highest BCUT2D eigenvalue weighted by Gasteiger charge is 2.30. The average molecular weight is 300 g/mol.